The fourth-order valence-corrected chi connectivity index (χ4v) is 2.00. The Morgan fingerprint density at radius 1 is 1.30 bits per heavy atom. The van der Waals surface area contributed by atoms with Gasteiger partial charge in [-0.05, 0) is 31.2 Å². The Kier molecular flexibility index (Phi) is 4.79. The number of aromatic nitrogens is 1. The zero-order valence-electron chi connectivity index (χ0n) is 11.8. The van der Waals surface area contributed by atoms with Crippen molar-refractivity contribution in [3.8, 4) is 17.0 Å². The molecular weight excluding hydrogens is 335 g/mol. The van der Waals surface area contributed by atoms with Crippen molar-refractivity contribution in [3.05, 3.63) is 47.1 Å². The molecule has 1 heterocycles. The molecule has 0 amide bonds. The van der Waals surface area contributed by atoms with Gasteiger partial charge in [-0.15, -0.1) is 0 Å². The van der Waals surface area contributed by atoms with Gasteiger partial charge < -0.3 is 9.84 Å². The molecule has 1 unspecified atom stereocenters. The fourth-order valence-electron chi connectivity index (χ4n) is 1.79. The van der Waals surface area contributed by atoms with E-state index in [0.717, 1.165) is 12.1 Å². The third-order valence-corrected chi connectivity index (χ3v) is 3.11. The number of rotatable bonds is 4. The average molecular weight is 346 g/mol. The number of halogens is 4. The number of benzene rings is 1. The number of carboxylic acid groups (broad SMARTS) is 1. The summed E-state index contributed by atoms with van der Waals surface area (Å²) >= 11 is 5.65. The van der Waals surface area contributed by atoms with Crippen LogP contribution < -0.4 is 4.74 Å². The summed E-state index contributed by atoms with van der Waals surface area (Å²) < 4.78 is 43.7. The largest absolute Gasteiger partial charge is 0.479 e. The molecule has 0 aliphatic rings. The molecule has 1 N–H and O–H groups in total. The van der Waals surface area contributed by atoms with E-state index in [-0.39, 0.29) is 16.6 Å². The minimum absolute atomic E-state index is 0.0123. The van der Waals surface area contributed by atoms with Gasteiger partial charge in [0.1, 0.15) is 10.9 Å². The predicted octanol–water partition coefficient (Wildman–Crippen LogP) is 4.27. The lowest BCUT2D eigenvalue weighted by Gasteiger charge is -2.12. The number of carbonyl (C=O) groups is 1. The van der Waals surface area contributed by atoms with Crippen LogP contribution in [0.1, 0.15) is 12.5 Å². The van der Waals surface area contributed by atoms with Gasteiger partial charge in [-0.1, -0.05) is 23.7 Å². The monoisotopic (exact) mass is 345 g/mol. The quantitative estimate of drug-likeness (QED) is 0.841. The topological polar surface area (TPSA) is 59.4 Å². The molecule has 0 bridgehead atoms. The van der Waals surface area contributed by atoms with Gasteiger partial charge in [0.05, 0.1) is 11.3 Å². The molecule has 0 aliphatic heterocycles. The van der Waals surface area contributed by atoms with Gasteiger partial charge in [0, 0.05) is 5.56 Å². The lowest BCUT2D eigenvalue weighted by atomic mass is 10.1. The van der Waals surface area contributed by atoms with Crippen LogP contribution in [0.3, 0.4) is 0 Å². The molecule has 2 aromatic rings. The third-order valence-electron chi connectivity index (χ3n) is 2.91. The number of nitrogens with zero attached hydrogens (tertiary/aromatic N) is 1. The smallest absolute Gasteiger partial charge is 0.416 e. The summed E-state index contributed by atoms with van der Waals surface area (Å²) in [5, 5.41) is 8.52. The molecule has 8 heteroatoms. The van der Waals surface area contributed by atoms with Crippen molar-refractivity contribution in [2.24, 2.45) is 0 Å². The summed E-state index contributed by atoms with van der Waals surface area (Å²) in [7, 11) is 0. The highest BCUT2D eigenvalue weighted by atomic mass is 35.5. The molecule has 0 fully saturated rings. The maximum atomic E-state index is 12.8. The van der Waals surface area contributed by atoms with Crippen LogP contribution >= 0.6 is 11.6 Å². The minimum Gasteiger partial charge on any atom is -0.479 e. The molecule has 0 spiro atoms. The van der Waals surface area contributed by atoms with Gasteiger partial charge >= 0.3 is 12.1 Å². The summed E-state index contributed by atoms with van der Waals surface area (Å²) in [5.74, 6) is -0.955. The van der Waals surface area contributed by atoms with Crippen LogP contribution in [0.4, 0.5) is 13.2 Å². The maximum Gasteiger partial charge on any atom is 0.416 e. The second-order valence-electron chi connectivity index (χ2n) is 4.69. The normalized spacial score (nSPS) is 12.7. The maximum absolute atomic E-state index is 12.8. The number of ether oxygens (including phenoxy) is 1. The summed E-state index contributed by atoms with van der Waals surface area (Å²) in [6.07, 6.45) is -5.64. The van der Waals surface area contributed by atoms with E-state index in [4.69, 9.17) is 21.4 Å². The predicted molar refractivity (Wildman–Crippen MR) is 77.4 cm³/mol. The first-order valence-corrected chi connectivity index (χ1v) is 6.79. The van der Waals surface area contributed by atoms with Crippen molar-refractivity contribution in [3.63, 3.8) is 0 Å². The van der Waals surface area contributed by atoms with E-state index < -0.39 is 23.8 Å². The zero-order chi connectivity index (χ0) is 17.2. The first-order valence-electron chi connectivity index (χ1n) is 6.41. The number of hydrogen-bond acceptors (Lipinski definition) is 3. The fraction of sp³-hybridized carbons (Fsp3) is 0.200. The third kappa shape index (κ3) is 4.35. The molecule has 0 radical (unpaired) electrons. The van der Waals surface area contributed by atoms with Gasteiger partial charge in [-0.3, -0.25) is 0 Å². The highest BCUT2D eigenvalue weighted by molar-refractivity contribution is 6.29. The van der Waals surface area contributed by atoms with Crippen LogP contribution in [0.15, 0.2) is 36.4 Å². The van der Waals surface area contributed by atoms with Gasteiger partial charge in [0.25, 0.3) is 0 Å². The van der Waals surface area contributed by atoms with Crippen LogP contribution in [0.25, 0.3) is 11.3 Å². The molecule has 0 saturated carbocycles. The van der Waals surface area contributed by atoms with Crippen LogP contribution in [0.2, 0.25) is 5.15 Å². The van der Waals surface area contributed by atoms with E-state index in [2.05, 4.69) is 4.98 Å². The Balaban J connectivity index is 2.39. The van der Waals surface area contributed by atoms with Crippen molar-refractivity contribution in [2.45, 2.75) is 19.2 Å². The van der Waals surface area contributed by atoms with Crippen LogP contribution in [-0.2, 0) is 11.0 Å². The van der Waals surface area contributed by atoms with E-state index in [1.807, 2.05) is 0 Å². The molecule has 122 valence electrons. The summed E-state index contributed by atoms with van der Waals surface area (Å²) in [6.45, 7) is 1.34. The molecule has 1 aromatic heterocycles. The van der Waals surface area contributed by atoms with E-state index in [9.17, 15) is 18.0 Å². The lowest BCUT2D eigenvalue weighted by molar-refractivity contribution is -0.144. The van der Waals surface area contributed by atoms with E-state index in [1.165, 1.54) is 31.2 Å². The molecule has 4 nitrogen and oxygen atoms in total. The van der Waals surface area contributed by atoms with Crippen molar-refractivity contribution in [1.82, 2.24) is 4.98 Å². The first kappa shape index (κ1) is 17.1. The Morgan fingerprint density at radius 3 is 2.61 bits per heavy atom. The zero-order valence-corrected chi connectivity index (χ0v) is 12.5. The van der Waals surface area contributed by atoms with Gasteiger partial charge in [0.15, 0.2) is 6.10 Å². The molecule has 0 aliphatic carbocycles. The number of pyridine rings is 1. The standard InChI is InChI=1S/C15H11ClF3NO3/c1-8(14(21)22)23-11-4-2-3-9(5-11)12-6-10(15(17,18)19)7-13(16)20-12/h2-8H,1H3,(H,21,22). The van der Waals surface area contributed by atoms with Gasteiger partial charge in [-0.2, -0.15) is 13.2 Å². The summed E-state index contributed by atoms with van der Waals surface area (Å²) in [4.78, 5) is 14.6. The Hall–Kier alpha value is -2.28. The van der Waals surface area contributed by atoms with Crippen molar-refractivity contribution in [1.29, 1.82) is 0 Å². The summed E-state index contributed by atoms with van der Waals surface area (Å²) in [5.41, 5.74) is -0.580. The average Bonchev–Trinajstić information content (AvgIpc) is 2.46. The first-order chi connectivity index (χ1) is 10.7. The van der Waals surface area contributed by atoms with Gasteiger partial charge in [-0.25, -0.2) is 9.78 Å². The van der Waals surface area contributed by atoms with E-state index in [0.29, 0.717) is 5.56 Å². The Morgan fingerprint density at radius 2 is 2.00 bits per heavy atom. The number of alkyl halides is 3. The van der Waals surface area contributed by atoms with E-state index in [1.54, 1.807) is 0 Å². The van der Waals surface area contributed by atoms with Crippen molar-refractivity contribution >= 4 is 17.6 Å². The van der Waals surface area contributed by atoms with Crippen molar-refractivity contribution in [2.75, 3.05) is 0 Å². The molecule has 2 rings (SSSR count). The Bertz CT molecular complexity index is 734. The molecule has 0 saturated heterocycles. The second kappa shape index (κ2) is 6.45. The van der Waals surface area contributed by atoms with Crippen LogP contribution in [0.5, 0.6) is 5.75 Å². The van der Waals surface area contributed by atoms with Crippen LogP contribution in [0, 0.1) is 0 Å². The van der Waals surface area contributed by atoms with Crippen molar-refractivity contribution < 1.29 is 27.8 Å². The number of hydrogen-bond donors (Lipinski definition) is 1. The lowest BCUT2D eigenvalue weighted by Crippen LogP contribution is -2.22. The Labute approximate surface area is 134 Å². The number of carboxylic acids is 1. The van der Waals surface area contributed by atoms with E-state index >= 15 is 0 Å². The van der Waals surface area contributed by atoms with Gasteiger partial charge in [0.2, 0.25) is 0 Å². The highest BCUT2D eigenvalue weighted by Gasteiger charge is 2.31. The molecule has 1 atom stereocenters. The number of aliphatic carboxylic acids is 1. The van der Waals surface area contributed by atoms with Crippen LogP contribution in [-0.4, -0.2) is 22.2 Å². The second-order valence-corrected chi connectivity index (χ2v) is 5.07. The summed E-state index contributed by atoms with van der Waals surface area (Å²) in [6, 6.07) is 7.55. The molecular formula is C15H11ClF3NO3. The molecule has 1 aromatic carbocycles. The highest BCUT2D eigenvalue weighted by Crippen LogP contribution is 2.33. The minimum atomic E-state index is -4.55. The SMILES string of the molecule is CC(Oc1cccc(-c2cc(C(F)(F)F)cc(Cl)n2)c1)C(=O)O. The molecule has 23 heavy (non-hydrogen) atoms.